The number of aromatic nitrogens is 2. The largest absolute Gasteiger partial charge is 0.491 e. The summed E-state index contributed by atoms with van der Waals surface area (Å²) in [7, 11) is 0. The van der Waals surface area contributed by atoms with Gasteiger partial charge in [0.25, 0.3) is 5.91 Å². The van der Waals surface area contributed by atoms with Crippen molar-refractivity contribution in [1.82, 2.24) is 14.9 Å². The number of benzene rings is 3. The Morgan fingerprint density at radius 3 is 2.61 bits per heavy atom. The molecule has 0 fully saturated rings. The highest BCUT2D eigenvalue weighted by Gasteiger charge is 2.11. The fraction of sp³-hybridized carbons (Fsp3) is 0.267. The van der Waals surface area contributed by atoms with Gasteiger partial charge in [-0.2, -0.15) is 0 Å². The van der Waals surface area contributed by atoms with E-state index in [1.54, 1.807) is 0 Å². The average Bonchev–Trinajstić information content (AvgIpc) is 3.25. The minimum absolute atomic E-state index is 0.0287. The van der Waals surface area contributed by atoms with Crippen molar-refractivity contribution in [3.05, 3.63) is 107 Å². The summed E-state index contributed by atoms with van der Waals surface area (Å²) in [5.41, 5.74) is 3.98. The molecule has 4 aromatic rings. The molecule has 3 aromatic carbocycles. The van der Waals surface area contributed by atoms with Crippen LogP contribution >= 0.6 is 15.9 Å². The van der Waals surface area contributed by atoms with Crippen molar-refractivity contribution >= 4 is 32.9 Å². The molecule has 1 N–H and O–H groups in total. The van der Waals surface area contributed by atoms with E-state index in [9.17, 15) is 4.79 Å². The molecular formula is C30H32BrN3O2. The summed E-state index contributed by atoms with van der Waals surface area (Å²) < 4.78 is 9.40. The third-order valence-electron chi connectivity index (χ3n) is 6.11. The number of hydrogen-bond acceptors (Lipinski definition) is 3. The molecule has 0 aliphatic heterocycles. The molecule has 1 amide bonds. The van der Waals surface area contributed by atoms with Crippen LogP contribution in [0.3, 0.4) is 0 Å². The van der Waals surface area contributed by atoms with Gasteiger partial charge in [0, 0.05) is 23.0 Å². The monoisotopic (exact) mass is 545 g/mol. The molecule has 0 atom stereocenters. The quantitative estimate of drug-likeness (QED) is 0.149. The second-order valence-electron chi connectivity index (χ2n) is 8.69. The van der Waals surface area contributed by atoms with E-state index >= 15 is 0 Å². The predicted octanol–water partition coefficient (Wildman–Crippen LogP) is 6.75. The van der Waals surface area contributed by atoms with E-state index in [0.717, 1.165) is 71.3 Å². The highest BCUT2D eigenvalue weighted by Crippen LogP contribution is 2.21. The molecule has 0 aliphatic carbocycles. The lowest BCUT2D eigenvalue weighted by molar-refractivity contribution is 0.0953. The number of carbonyl (C=O) groups excluding carboxylic acids is 1. The number of allylic oxidation sites excluding steroid dienone is 1. The minimum Gasteiger partial charge on any atom is -0.491 e. The first-order valence-corrected chi connectivity index (χ1v) is 13.2. The number of aryl methyl sites for hydroxylation is 1. The molecule has 5 nitrogen and oxygen atoms in total. The van der Waals surface area contributed by atoms with Gasteiger partial charge in [0.1, 0.15) is 18.2 Å². The number of fused-ring (bicyclic) bond motifs is 1. The van der Waals surface area contributed by atoms with Crippen LogP contribution in [0.4, 0.5) is 0 Å². The smallest absolute Gasteiger partial charge is 0.251 e. The number of carbonyl (C=O) groups is 1. The molecule has 0 spiro atoms. The van der Waals surface area contributed by atoms with Crippen molar-refractivity contribution in [2.24, 2.45) is 0 Å². The SMILES string of the molecule is C=CCc1ccccc1OCCn1c(CCCCCNC(=O)c2ccc(Br)cc2)nc2ccccc21. The summed E-state index contributed by atoms with van der Waals surface area (Å²) in [5.74, 6) is 1.96. The number of nitrogens with zero attached hydrogens (tertiary/aromatic N) is 2. The molecule has 1 heterocycles. The van der Waals surface area contributed by atoms with Crippen molar-refractivity contribution in [3.8, 4) is 5.75 Å². The van der Waals surface area contributed by atoms with Crippen LogP contribution in [0.1, 0.15) is 41.0 Å². The third kappa shape index (κ3) is 6.85. The summed E-state index contributed by atoms with van der Waals surface area (Å²) >= 11 is 3.40. The fourth-order valence-electron chi connectivity index (χ4n) is 4.27. The van der Waals surface area contributed by atoms with Crippen molar-refractivity contribution in [2.45, 2.75) is 38.6 Å². The zero-order valence-electron chi connectivity index (χ0n) is 20.5. The van der Waals surface area contributed by atoms with Crippen LogP contribution in [0.15, 0.2) is 89.9 Å². The van der Waals surface area contributed by atoms with E-state index in [1.165, 1.54) is 0 Å². The normalized spacial score (nSPS) is 10.9. The Kier molecular flexibility index (Phi) is 9.33. The molecular weight excluding hydrogens is 514 g/mol. The zero-order chi connectivity index (χ0) is 25.2. The van der Waals surface area contributed by atoms with Crippen molar-refractivity contribution < 1.29 is 9.53 Å². The maximum Gasteiger partial charge on any atom is 0.251 e. The van der Waals surface area contributed by atoms with E-state index in [1.807, 2.05) is 54.6 Å². The Hall–Kier alpha value is -3.38. The van der Waals surface area contributed by atoms with Gasteiger partial charge in [-0.05, 0) is 67.3 Å². The van der Waals surface area contributed by atoms with Crippen LogP contribution in [-0.4, -0.2) is 28.6 Å². The highest BCUT2D eigenvalue weighted by atomic mass is 79.9. The van der Waals surface area contributed by atoms with E-state index in [2.05, 4.69) is 56.7 Å². The first-order chi connectivity index (χ1) is 17.7. The zero-order valence-corrected chi connectivity index (χ0v) is 22.0. The molecule has 0 radical (unpaired) electrons. The van der Waals surface area contributed by atoms with Crippen LogP contribution < -0.4 is 10.1 Å². The van der Waals surface area contributed by atoms with Gasteiger partial charge in [0.2, 0.25) is 0 Å². The van der Waals surface area contributed by atoms with Crippen molar-refractivity contribution in [3.63, 3.8) is 0 Å². The minimum atomic E-state index is -0.0287. The van der Waals surface area contributed by atoms with Crippen LogP contribution in [0.2, 0.25) is 0 Å². The van der Waals surface area contributed by atoms with Gasteiger partial charge in [-0.1, -0.05) is 58.8 Å². The summed E-state index contributed by atoms with van der Waals surface area (Å²) in [5, 5.41) is 3.01. The van der Waals surface area contributed by atoms with Gasteiger partial charge in [-0.25, -0.2) is 4.98 Å². The molecule has 0 aliphatic rings. The first-order valence-electron chi connectivity index (χ1n) is 12.4. The van der Waals surface area contributed by atoms with Crippen molar-refractivity contribution in [2.75, 3.05) is 13.2 Å². The van der Waals surface area contributed by atoms with Gasteiger partial charge < -0.3 is 14.6 Å². The predicted molar refractivity (Wildman–Crippen MR) is 150 cm³/mol. The number of nitrogens with one attached hydrogen (secondary N) is 1. The summed E-state index contributed by atoms with van der Waals surface area (Å²) in [4.78, 5) is 17.2. The molecule has 186 valence electrons. The maximum atomic E-state index is 12.3. The second-order valence-corrected chi connectivity index (χ2v) is 9.61. The van der Waals surface area contributed by atoms with E-state index in [-0.39, 0.29) is 5.91 Å². The van der Waals surface area contributed by atoms with Gasteiger partial charge in [0.05, 0.1) is 17.6 Å². The van der Waals surface area contributed by atoms with Gasteiger partial charge in [0.15, 0.2) is 0 Å². The van der Waals surface area contributed by atoms with E-state index < -0.39 is 0 Å². The van der Waals surface area contributed by atoms with Gasteiger partial charge >= 0.3 is 0 Å². The Labute approximate surface area is 221 Å². The van der Waals surface area contributed by atoms with Crippen LogP contribution in [-0.2, 0) is 19.4 Å². The first kappa shape index (κ1) is 25.7. The van der Waals surface area contributed by atoms with E-state index in [0.29, 0.717) is 18.7 Å². The number of hydrogen-bond donors (Lipinski definition) is 1. The Bertz CT molecular complexity index is 1300. The third-order valence-corrected chi connectivity index (χ3v) is 6.64. The van der Waals surface area contributed by atoms with Crippen LogP contribution in [0.5, 0.6) is 5.75 Å². The molecule has 6 heteroatoms. The van der Waals surface area contributed by atoms with Crippen LogP contribution in [0.25, 0.3) is 11.0 Å². The van der Waals surface area contributed by atoms with Gasteiger partial charge in [-0.3, -0.25) is 4.79 Å². The maximum absolute atomic E-state index is 12.3. The van der Waals surface area contributed by atoms with Crippen molar-refractivity contribution in [1.29, 1.82) is 0 Å². The van der Waals surface area contributed by atoms with Crippen LogP contribution in [0, 0.1) is 0 Å². The Morgan fingerprint density at radius 2 is 1.78 bits per heavy atom. The lowest BCUT2D eigenvalue weighted by atomic mass is 10.1. The Morgan fingerprint density at radius 1 is 1.00 bits per heavy atom. The molecule has 1 aromatic heterocycles. The average molecular weight is 547 g/mol. The number of ether oxygens (including phenoxy) is 1. The molecule has 0 unspecified atom stereocenters. The number of para-hydroxylation sites is 3. The topological polar surface area (TPSA) is 56.1 Å². The lowest BCUT2D eigenvalue weighted by Crippen LogP contribution is -2.24. The number of amides is 1. The number of unbranched alkanes of at least 4 members (excludes halogenated alkanes) is 2. The number of imidazole rings is 1. The summed E-state index contributed by atoms with van der Waals surface area (Å²) in [6.45, 7) is 5.83. The van der Waals surface area contributed by atoms with E-state index in [4.69, 9.17) is 9.72 Å². The number of rotatable bonds is 13. The van der Waals surface area contributed by atoms with Gasteiger partial charge in [-0.15, -0.1) is 6.58 Å². The Balaban J connectivity index is 1.28. The molecule has 0 bridgehead atoms. The second kappa shape index (κ2) is 13.1. The fourth-order valence-corrected chi connectivity index (χ4v) is 4.54. The molecule has 0 saturated heterocycles. The summed E-state index contributed by atoms with van der Waals surface area (Å²) in [6, 6.07) is 23.8. The molecule has 4 rings (SSSR count). The number of halogens is 1. The summed E-state index contributed by atoms with van der Waals surface area (Å²) in [6.07, 6.45) is 6.55. The molecule has 0 saturated carbocycles. The standard InChI is InChI=1S/C30H32BrN3O2/c1-2-10-23-11-5-8-14-28(23)36-22-21-34-27-13-7-6-12-26(27)33-29(34)15-4-3-9-20-32-30(35)24-16-18-25(31)19-17-24/h2,5-8,11-14,16-19H,1,3-4,9-10,15,20-22H2,(H,32,35). The molecule has 36 heavy (non-hydrogen) atoms. The highest BCUT2D eigenvalue weighted by molar-refractivity contribution is 9.10. The lowest BCUT2D eigenvalue weighted by Gasteiger charge is -2.13.